The molecule has 0 saturated heterocycles. The lowest BCUT2D eigenvalue weighted by atomic mass is 10.1. The molecule has 1 aromatic carbocycles. The summed E-state index contributed by atoms with van der Waals surface area (Å²) in [5.74, 6) is 0.802. The van der Waals surface area contributed by atoms with Crippen molar-refractivity contribution in [2.75, 3.05) is 12.5 Å². The van der Waals surface area contributed by atoms with Crippen LogP contribution in [-0.2, 0) is 0 Å². The van der Waals surface area contributed by atoms with Crippen LogP contribution in [0.1, 0.15) is 5.69 Å². The molecule has 0 fully saturated rings. The molecule has 0 spiro atoms. The molecule has 110 valence electrons. The van der Waals surface area contributed by atoms with E-state index in [2.05, 4.69) is 20.5 Å². The largest absolute Gasteiger partial charge is 0.496 e. The highest BCUT2D eigenvalue weighted by molar-refractivity contribution is 7.14. The van der Waals surface area contributed by atoms with Crippen molar-refractivity contribution in [1.29, 1.82) is 0 Å². The molecule has 0 bridgehead atoms. The fraction of sp³-hybridized carbons (Fsp3) is 0.0625. The van der Waals surface area contributed by atoms with Crippen molar-refractivity contribution in [1.82, 2.24) is 9.97 Å². The fourth-order valence-electron chi connectivity index (χ4n) is 1.91. The van der Waals surface area contributed by atoms with Crippen molar-refractivity contribution in [2.45, 2.75) is 0 Å². The third kappa shape index (κ3) is 3.29. The van der Waals surface area contributed by atoms with Gasteiger partial charge in [0.15, 0.2) is 0 Å². The lowest BCUT2D eigenvalue weighted by Gasteiger charge is -2.04. The second kappa shape index (κ2) is 6.82. The topological polar surface area (TPSA) is 59.4 Å². The van der Waals surface area contributed by atoms with E-state index in [9.17, 15) is 0 Å². The molecule has 0 aliphatic rings. The lowest BCUT2D eigenvalue weighted by Crippen LogP contribution is -1.92. The van der Waals surface area contributed by atoms with Gasteiger partial charge in [-0.15, -0.1) is 11.3 Å². The molecule has 5 nitrogen and oxygen atoms in total. The van der Waals surface area contributed by atoms with E-state index < -0.39 is 0 Å². The van der Waals surface area contributed by atoms with Crippen molar-refractivity contribution in [2.24, 2.45) is 5.10 Å². The normalized spacial score (nSPS) is 10.8. The summed E-state index contributed by atoms with van der Waals surface area (Å²) in [7, 11) is 1.65. The molecule has 0 amide bonds. The summed E-state index contributed by atoms with van der Waals surface area (Å²) in [6, 6.07) is 13.5. The number of anilines is 1. The van der Waals surface area contributed by atoms with Crippen molar-refractivity contribution in [3.63, 3.8) is 0 Å². The van der Waals surface area contributed by atoms with Gasteiger partial charge in [0.2, 0.25) is 5.13 Å². The number of rotatable bonds is 5. The number of aromatic nitrogens is 2. The van der Waals surface area contributed by atoms with Crippen LogP contribution >= 0.6 is 11.3 Å². The number of ether oxygens (including phenoxy) is 1. The average Bonchev–Trinajstić information content (AvgIpc) is 3.04. The van der Waals surface area contributed by atoms with Crippen LogP contribution in [0.4, 0.5) is 5.13 Å². The standard InChI is InChI=1S/C16H14N4OS/c1-21-15-8-3-2-7-13(15)14-11-22-16(19-14)20-18-10-12-6-4-5-9-17-12/h2-11H,1H3,(H,19,20)/b18-10-. The van der Waals surface area contributed by atoms with Gasteiger partial charge < -0.3 is 4.74 Å². The van der Waals surface area contributed by atoms with Gasteiger partial charge in [-0.1, -0.05) is 18.2 Å². The van der Waals surface area contributed by atoms with Crippen molar-refractivity contribution in [3.05, 3.63) is 59.7 Å². The summed E-state index contributed by atoms with van der Waals surface area (Å²) < 4.78 is 5.35. The second-order valence-electron chi connectivity index (χ2n) is 4.36. The summed E-state index contributed by atoms with van der Waals surface area (Å²) in [6.45, 7) is 0. The number of para-hydroxylation sites is 1. The van der Waals surface area contributed by atoms with E-state index in [0.29, 0.717) is 5.13 Å². The summed E-state index contributed by atoms with van der Waals surface area (Å²) >= 11 is 1.49. The third-order valence-corrected chi connectivity index (χ3v) is 3.68. The molecule has 22 heavy (non-hydrogen) atoms. The van der Waals surface area contributed by atoms with Gasteiger partial charge in [-0.3, -0.25) is 10.4 Å². The first kappa shape index (κ1) is 14.2. The number of hydrogen-bond acceptors (Lipinski definition) is 6. The number of benzene rings is 1. The Morgan fingerprint density at radius 2 is 2.05 bits per heavy atom. The van der Waals surface area contributed by atoms with Gasteiger partial charge in [0.1, 0.15) is 5.75 Å². The molecule has 0 radical (unpaired) electrons. The Morgan fingerprint density at radius 3 is 2.86 bits per heavy atom. The number of nitrogens with zero attached hydrogens (tertiary/aromatic N) is 3. The smallest absolute Gasteiger partial charge is 0.203 e. The van der Waals surface area contributed by atoms with Gasteiger partial charge in [0.25, 0.3) is 0 Å². The Morgan fingerprint density at radius 1 is 1.18 bits per heavy atom. The maximum Gasteiger partial charge on any atom is 0.203 e. The molecule has 6 heteroatoms. The van der Waals surface area contributed by atoms with E-state index in [1.54, 1.807) is 19.5 Å². The molecule has 0 unspecified atom stereocenters. The number of nitrogens with one attached hydrogen (secondary N) is 1. The van der Waals surface area contributed by atoms with Crippen LogP contribution in [0.2, 0.25) is 0 Å². The van der Waals surface area contributed by atoms with E-state index in [0.717, 1.165) is 22.7 Å². The maximum absolute atomic E-state index is 5.35. The van der Waals surface area contributed by atoms with Crippen LogP contribution in [0.25, 0.3) is 11.3 Å². The number of hydrogen-bond donors (Lipinski definition) is 1. The quantitative estimate of drug-likeness (QED) is 0.577. The van der Waals surface area contributed by atoms with Crippen LogP contribution in [-0.4, -0.2) is 23.3 Å². The van der Waals surface area contributed by atoms with Crippen molar-refractivity contribution < 1.29 is 4.74 Å². The Labute approximate surface area is 132 Å². The predicted molar refractivity (Wildman–Crippen MR) is 89.6 cm³/mol. The molecule has 2 aromatic heterocycles. The first-order chi connectivity index (χ1) is 10.9. The highest BCUT2D eigenvalue weighted by Gasteiger charge is 2.08. The zero-order chi connectivity index (χ0) is 15.2. The molecule has 1 N–H and O–H groups in total. The summed E-state index contributed by atoms with van der Waals surface area (Å²) in [6.07, 6.45) is 3.38. The Kier molecular flexibility index (Phi) is 4.41. The minimum Gasteiger partial charge on any atom is -0.496 e. The van der Waals surface area contributed by atoms with Crippen LogP contribution in [0.15, 0.2) is 59.1 Å². The van der Waals surface area contributed by atoms with Gasteiger partial charge in [-0.2, -0.15) is 5.10 Å². The third-order valence-electron chi connectivity index (χ3n) is 2.93. The van der Waals surface area contributed by atoms with E-state index in [1.807, 2.05) is 47.8 Å². The summed E-state index contributed by atoms with van der Waals surface area (Å²) in [5.41, 5.74) is 5.53. The Balaban J connectivity index is 1.73. The molecule has 0 atom stereocenters. The van der Waals surface area contributed by atoms with Crippen LogP contribution in [0.5, 0.6) is 5.75 Å². The van der Waals surface area contributed by atoms with Crippen molar-refractivity contribution in [3.8, 4) is 17.0 Å². The SMILES string of the molecule is COc1ccccc1-c1csc(N/N=C\c2ccccn2)n1. The van der Waals surface area contributed by atoms with Crippen molar-refractivity contribution >= 4 is 22.7 Å². The van der Waals surface area contributed by atoms with Gasteiger partial charge >= 0.3 is 0 Å². The fourth-order valence-corrected chi connectivity index (χ4v) is 2.57. The van der Waals surface area contributed by atoms with Crippen LogP contribution in [0.3, 0.4) is 0 Å². The van der Waals surface area contributed by atoms with E-state index >= 15 is 0 Å². The predicted octanol–water partition coefficient (Wildman–Crippen LogP) is 3.66. The number of methoxy groups -OCH3 is 1. The van der Waals surface area contributed by atoms with E-state index in [-0.39, 0.29) is 0 Å². The first-order valence-corrected chi connectivity index (χ1v) is 7.54. The summed E-state index contributed by atoms with van der Waals surface area (Å²) in [4.78, 5) is 8.68. The average molecular weight is 310 g/mol. The maximum atomic E-state index is 5.35. The highest BCUT2D eigenvalue weighted by Crippen LogP contribution is 2.31. The van der Waals surface area contributed by atoms with E-state index in [1.165, 1.54) is 11.3 Å². The highest BCUT2D eigenvalue weighted by atomic mass is 32.1. The lowest BCUT2D eigenvalue weighted by molar-refractivity contribution is 0.416. The zero-order valence-electron chi connectivity index (χ0n) is 11.9. The zero-order valence-corrected chi connectivity index (χ0v) is 12.7. The van der Waals surface area contributed by atoms with Crippen LogP contribution in [0, 0.1) is 0 Å². The molecular formula is C16H14N4OS. The van der Waals surface area contributed by atoms with Gasteiger partial charge in [0, 0.05) is 17.1 Å². The molecule has 2 heterocycles. The molecule has 3 aromatic rings. The first-order valence-electron chi connectivity index (χ1n) is 6.66. The van der Waals surface area contributed by atoms with E-state index in [4.69, 9.17) is 4.74 Å². The Bertz CT molecular complexity index is 771. The van der Waals surface area contributed by atoms with Gasteiger partial charge in [-0.25, -0.2) is 4.98 Å². The Hall–Kier alpha value is -2.73. The minimum absolute atomic E-state index is 0.716. The van der Waals surface area contributed by atoms with Crippen LogP contribution < -0.4 is 10.2 Å². The second-order valence-corrected chi connectivity index (χ2v) is 5.22. The molecule has 0 aliphatic carbocycles. The molecule has 3 rings (SSSR count). The molecular weight excluding hydrogens is 296 g/mol. The van der Waals surface area contributed by atoms with Gasteiger partial charge in [-0.05, 0) is 24.3 Å². The number of pyridine rings is 1. The van der Waals surface area contributed by atoms with Gasteiger partial charge in [0.05, 0.1) is 24.7 Å². The summed E-state index contributed by atoms with van der Waals surface area (Å²) in [5, 5.41) is 6.83. The molecule has 0 saturated carbocycles. The monoisotopic (exact) mass is 310 g/mol. The minimum atomic E-state index is 0.716. The number of thiazole rings is 1. The molecule has 0 aliphatic heterocycles. The number of hydrazone groups is 1.